The molecule has 5 heteroatoms. The van der Waals surface area contributed by atoms with E-state index in [0.717, 1.165) is 29.0 Å². The Hall–Kier alpha value is -1.65. The summed E-state index contributed by atoms with van der Waals surface area (Å²) >= 11 is 6.22. The van der Waals surface area contributed by atoms with Gasteiger partial charge < -0.3 is 9.47 Å². The van der Waals surface area contributed by atoms with E-state index in [1.54, 1.807) is 0 Å². The first-order valence-corrected chi connectivity index (χ1v) is 7.02. The first kappa shape index (κ1) is 13.3. The van der Waals surface area contributed by atoms with Gasteiger partial charge in [-0.2, -0.15) is 0 Å². The third-order valence-electron chi connectivity index (χ3n) is 3.20. The summed E-state index contributed by atoms with van der Waals surface area (Å²) in [5.41, 5.74) is 2.83. The third-order valence-corrected chi connectivity index (χ3v) is 3.51. The van der Waals surface area contributed by atoms with E-state index in [9.17, 15) is 0 Å². The molecule has 1 aromatic carbocycles. The van der Waals surface area contributed by atoms with E-state index in [-0.39, 0.29) is 0 Å². The number of ether oxygens (including phenoxy) is 2. The second-order valence-corrected chi connectivity index (χ2v) is 4.88. The summed E-state index contributed by atoms with van der Waals surface area (Å²) in [6.07, 6.45) is 0.779. The summed E-state index contributed by atoms with van der Waals surface area (Å²) in [7, 11) is 0. The van der Waals surface area contributed by atoms with Crippen LogP contribution in [0.3, 0.4) is 0 Å². The van der Waals surface area contributed by atoms with Crippen molar-refractivity contribution in [2.45, 2.75) is 20.0 Å². The molecule has 0 fully saturated rings. The van der Waals surface area contributed by atoms with E-state index in [1.807, 2.05) is 31.2 Å². The Morgan fingerprint density at radius 1 is 1.25 bits per heavy atom. The molecule has 1 aliphatic rings. The highest BCUT2D eigenvalue weighted by Crippen LogP contribution is 2.26. The number of nitrogens with zero attached hydrogens (tertiary/aromatic N) is 2. The van der Waals surface area contributed by atoms with Gasteiger partial charge in [-0.1, -0.05) is 11.6 Å². The SMILES string of the molecule is CCOc1ccc(-c2nc(Cl)c3c(n2)CCOC3)cc1. The van der Waals surface area contributed by atoms with Gasteiger partial charge in [0.2, 0.25) is 0 Å². The highest BCUT2D eigenvalue weighted by molar-refractivity contribution is 6.30. The standard InChI is InChI=1S/C15H15ClN2O2/c1-2-20-11-5-3-10(4-6-11)15-17-13-7-8-19-9-12(13)14(16)18-15/h3-6H,2,7-9H2,1H3. The minimum absolute atomic E-state index is 0.485. The van der Waals surface area contributed by atoms with Crippen molar-refractivity contribution >= 4 is 11.6 Å². The van der Waals surface area contributed by atoms with Crippen molar-refractivity contribution in [2.24, 2.45) is 0 Å². The largest absolute Gasteiger partial charge is 0.494 e. The lowest BCUT2D eigenvalue weighted by Crippen LogP contribution is -2.14. The van der Waals surface area contributed by atoms with E-state index >= 15 is 0 Å². The third kappa shape index (κ3) is 2.62. The Bertz CT molecular complexity index is 614. The normalized spacial score (nSPS) is 13.9. The lowest BCUT2D eigenvalue weighted by molar-refractivity contribution is 0.109. The van der Waals surface area contributed by atoms with Crippen LogP contribution >= 0.6 is 11.6 Å². The predicted octanol–water partition coefficient (Wildman–Crippen LogP) is 3.27. The summed E-state index contributed by atoms with van der Waals surface area (Å²) in [6, 6.07) is 7.72. The fraction of sp³-hybridized carbons (Fsp3) is 0.333. The fourth-order valence-electron chi connectivity index (χ4n) is 2.19. The van der Waals surface area contributed by atoms with Gasteiger partial charge in [-0.15, -0.1) is 0 Å². The molecule has 1 aliphatic heterocycles. The molecular weight excluding hydrogens is 276 g/mol. The van der Waals surface area contributed by atoms with Crippen LogP contribution in [0.4, 0.5) is 0 Å². The van der Waals surface area contributed by atoms with Crippen LogP contribution in [0.2, 0.25) is 5.15 Å². The zero-order valence-corrected chi connectivity index (χ0v) is 12.0. The quantitative estimate of drug-likeness (QED) is 0.814. The van der Waals surface area contributed by atoms with Crippen molar-refractivity contribution in [3.63, 3.8) is 0 Å². The molecule has 0 N–H and O–H groups in total. The van der Waals surface area contributed by atoms with E-state index in [2.05, 4.69) is 9.97 Å². The van der Waals surface area contributed by atoms with E-state index in [4.69, 9.17) is 21.1 Å². The molecule has 20 heavy (non-hydrogen) atoms. The maximum atomic E-state index is 6.22. The fourth-order valence-corrected chi connectivity index (χ4v) is 2.43. The molecule has 0 saturated carbocycles. The van der Waals surface area contributed by atoms with Gasteiger partial charge >= 0.3 is 0 Å². The maximum absolute atomic E-state index is 6.22. The van der Waals surface area contributed by atoms with E-state index in [0.29, 0.717) is 30.8 Å². The first-order chi connectivity index (χ1) is 9.78. The van der Waals surface area contributed by atoms with Crippen molar-refractivity contribution in [3.05, 3.63) is 40.7 Å². The molecular formula is C15H15ClN2O2. The lowest BCUT2D eigenvalue weighted by Gasteiger charge is -2.17. The highest BCUT2D eigenvalue weighted by atomic mass is 35.5. The number of fused-ring (bicyclic) bond motifs is 1. The average Bonchev–Trinajstić information content (AvgIpc) is 2.48. The second kappa shape index (κ2) is 5.77. The number of halogens is 1. The van der Waals surface area contributed by atoms with Crippen LogP contribution in [0.5, 0.6) is 5.75 Å². The molecule has 4 nitrogen and oxygen atoms in total. The van der Waals surface area contributed by atoms with Crippen LogP contribution in [0, 0.1) is 0 Å². The number of benzene rings is 1. The van der Waals surface area contributed by atoms with Gasteiger partial charge in [0.1, 0.15) is 10.9 Å². The molecule has 3 rings (SSSR count). The Balaban J connectivity index is 1.95. The summed E-state index contributed by atoms with van der Waals surface area (Å²) < 4.78 is 10.8. The highest BCUT2D eigenvalue weighted by Gasteiger charge is 2.17. The molecule has 2 aromatic rings. The van der Waals surface area contributed by atoms with Crippen LogP contribution in [0.1, 0.15) is 18.2 Å². The Morgan fingerprint density at radius 2 is 2.05 bits per heavy atom. The molecule has 0 unspecified atom stereocenters. The minimum atomic E-state index is 0.485. The topological polar surface area (TPSA) is 44.2 Å². The van der Waals surface area contributed by atoms with Crippen LogP contribution in [-0.4, -0.2) is 23.2 Å². The molecule has 104 valence electrons. The van der Waals surface area contributed by atoms with Crippen molar-refractivity contribution in [3.8, 4) is 17.1 Å². The van der Waals surface area contributed by atoms with Gasteiger partial charge in [-0.25, -0.2) is 9.97 Å². The monoisotopic (exact) mass is 290 g/mol. The Morgan fingerprint density at radius 3 is 2.80 bits per heavy atom. The molecule has 1 aromatic heterocycles. The molecule has 0 radical (unpaired) electrons. The van der Waals surface area contributed by atoms with Crippen LogP contribution in [-0.2, 0) is 17.8 Å². The molecule has 0 amide bonds. The number of rotatable bonds is 3. The predicted molar refractivity (Wildman–Crippen MR) is 77.0 cm³/mol. The zero-order valence-electron chi connectivity index (χ0n) is 11.2. The summed E-state index contributed by atoms with van der Waals surface area (Å²) in [5.74, 6) is 1.49. The Kier molecular flexibility index (Phi) is 3.85. The lowest BCUT2D eigenvalue weighted by atomic mass is 10.1. The number of hydrogen-bond donors (Lipinski definition) is 0. The van der Waals surface area contributed by atoms with Gasteiger partial charge in [0.15, 0.2) is 5.82 Å². The van der Waals surface area contributed by atoms with Gasteiger partial charge in [-0.3, -0.25) is 0 Å². The van der Waals surface area contributed by atoms with E-state index in [1.165, 1.54) is 0 Å². The number of aromatic nitrogens is 2. The minimum Gasteiger partial charge on any atom is -0.494 e. The number of hydrogen-bond acceptors (Lipinski definition) is 4. The van der Waals surface area contributed by atoms with Crippen molar-refractivity contribution in [1.82, 2.24) is 9.97 Å². The molecule has 0 atom stereocenters. The van der Waals surface area contributed by atoms with Crippen molar-refractivity contribution in [1.29, 1.82) is 0 Å². The smallest absolute Gasteiger partial charge is 0.161 e. The van der Waals surface area contributed by atoms with Crippen LogP contribution < -0.4 is 4.74 Å². The van der Waals surface area contributed by atoms with E-state index < -0.39 is 0 Å². The molecule has 0 bridgehead atoms. The second-order valence-electron chi connectivity index (χ2n) is 4.52. The summed E-state index contributed by atoms with van der Waals surface area (Å²) in [4.78, 5) is 8.97. The molecule has 0 spiro atoms. The van der Waals surface area contributed by atoms with Crippen molar-refractivity contribution in [2.75, 3.05) is 13.2 Å². The zero-order chi connectivity index (χ0) is 13.9. The van der Waals surface area contributed by atoms with Gasteiger partial charge in [0.05, 0.1) is 25.5 Å². The molecule has 2 heterocycles. The van der Waals surface area contributed by atoms with Crippen LogP contribution in [0.25, 0.3) is 11.4 Å². The van der Waals surface area contributed by atoms with Gasteiger partial charge in [-0.05, 0) is 31.2 Å². The first-order valence-electron chi connectivity index (χ1n) is 6.64. The molecule has 0 saturated heterocycles. The van der Waals surface area contributed by atoms with Gasteiger partial charge in [0.25, 0.3) is 0 Å². The maximum Gasteiger partial charge on any atom is 0.161 e. The average molecular weight is 291 g/mol. The van der Waals surface area contributed by atoms with Gasteiger partial charge in [0, 0.05) is 17.5 Å². The summed E-state index contributed by atoms with van der Waals surface area (Å²) in [6.45, 7) is 3.80. The molecule has 0 aliphatic carbocycles. The Labute approximate surface area is 122 Å². The summed E-state index contributed by atoms with van der Waals surface area (Å²) in [5, 5.41) is 0.485. The van der Waals surface area contributed by atoms with Crippen LogP contribution in [0.15, 0.2) is 24.3 Å². The van der Waals surface area contributed by atoms with Crippen molar-refractivity contribution < 1.29 is 9.47 Å².